The van der Waals surface area contributed by atoms with E-state index < -0.39 is 0 Å². The van der Waals surface area contributed by atoms with Crippen molar-refractivity contribution in [2.45, 2.75) is 6.54 Å². The van der Waals surface area contributed by atoms with Crippen molar-refractivity contribution in [3.05, 3.63) is 59.7 Å². The van der Waals surface area contributed by atoms with E-state index in [9.17, 15) is 4.79 Å². The molecule has 2 aromatic carbocycles. The summed E-state index contributed by atoms with van der Waals surface area (Å²) in [6.07, 6.45) is 1.58. The van der Waals surface area contributed by atoms with E-state index in [4.69, 9.17) is 9.57 Å². The van der Waals surface area contributed by atoms with E-state index in [1.165, 1.54) is 0 Å². The van der Waals surface area contributed by atoms with Crippen molar-refractivity contribution in [2.75, 3.05) is 32.7 Å². The Kier molecular flexibility index (Phi) is 6.83. The lowest BCUT2D eigenvalue weighted by atomic mass is 10.2. The van der Waals surface area contributed by atoms with Gasteiger partial charge in [-0.15, -0.1) is 0 Å². The molecule has 6 nitrogen and oxygen atoms in total. The minimum absolute atomic E-state index is 0.137. The predicted octanol–water partition coefficient (Wildman–Crippen LogP) is 2.43. The van der Waals surface area contributed by atoms with Crippen LogP contribution < -0.4 is 15.0 Å². The van der Waals surface area contributed by atoms with Crippen LogP contribution in [0, 0.1) is 0 Å². The summed E-state index contributed by atoms with van der Waals surface area (Å²) >= 11 is 0. The van der Waals surface area contributed by atoms with Crippen LogP contribution in [0.15, 0.2) is 53.7 Å². The number of para-hydroxylation sites is 1. The van der Waals surface area contributed by atoms with Crippen molar-refractivity contribution < 1.29 is 14.4 Å². The molecule has 0 heterocycles. The highest BCUT2D eigenvalue weighted by Gasteiger charge is 2.05. The van der Waals surface area contributed by atoms with Gasteiger partial charge in [-0.3, -0.25) is 4.79 Å². The summed E-state index contributed by atoms with van der Waals surface area (Å²) in [5, 5.41) is 6.59. The third-order valence-electron chi connectivity index (χ3n) is 3.55. The molecule has 0 aliphatic heterocycles. The Labute approximate surface area is 148 Å². The number of nitrogens with zero attached hydrogens (tertiary/aromatic N) is 2. The lowest BCUT2D eigenvalue weighted by Gasteiger charge is -2.11. The lowest BCUT2D eigenvalue weighted by molar-refractivity contribution is -0.125. The standard InChI is InChI=1S/C19H23N3O3/c1-22(2)17-10-8-15(9-11-17)12-21-25-14-19(23)20-13-16-6-4-5-7-18(16)24-3/h4-12H,13-14H2,1-3H3,(H,20,23)/b21-12+. The summed E-state index contributed by atoms with van der Waals surface area (Å²) < 4.78 is 5.24. The largest absolute Gasteiger partial charge is 0.496 e. The number of rotatable bonds is 8. The summed E-state index contributed by atoms with van der Waals surface area (Å²) in [6.45, 7) is 0.239. The Morgan fingerprint density at radius 2 is 1.88 bits per heavy atom. The fraction of sp³-hybridized carbons (Fsp3) is 0.263. The number of hydrogen-bond acceptors (Lipinski definition) is 5. The van der Waals surface area contributed by atoms with E-state index in [-0.39, 0.29) is 12.5 Å². The van der Waals surface area contributed by atoms with Gasteiger partial charge in [-0.05, 0) is 23.8 Å². The summed E-state index contributed by atoms with van der Waals surface area (Å²) in [4.78, 5) is 18.8. The minimum Gasteiger partial charge on any atom is -0.496 e. The van der Waals surface area contributed by atoms with Gasteiger partial charge in [-0.2, -0.15) is 0 Å². The molecule has 0 aliphatic rings. The van der Waals surface area contributed by atoms with Crippen molar-refractivity contribution in [2.24, 2.45) is 5.16 Å². The molecule has 0 saturated heterocycles. The molecule has 0 saturated carbocycles. The van der Waals surface area contributed by atoms with E-state index in [0.717, 1.165) is 22.6 Å². The van der Waals surface area contributed by atoms with Crippen molar-refractivity contribution in [1.29, 1.82) is 0 Å². The second-order valence-corrected chi connectivity index (χ2v) is 5.58. The Morgan fingerprint density at radius 3 is 2.56 bits per heavy atom. The number of oxime groups is 1. The maximum Gasteiger partial charge on any atom is 0.261 e. The highest BCUT2D eigenvalue weighted by Crippen LogP contribution is 2.16. The SMILES string of the molecule is COc1ccccc1CNC(=O)CO/N=C/c1ccc(N(C)C)cc1. The van der Waals surface area contributed by atoms with Crippen LogP contribution in [0.5, 0.6) is 5.75 Å². The predicted molar refractivity (Wildman–Crippen MR) is 99.2 cm³/mol. The van der Waals surface area contributed by atoms with Gasteiger partial charge in [-0.25, -0.2) is 0 Å². The molecule has 2 aromatic rings. The average Bonchev–Trinajstić information content (AvgIpc) is 2.64. The molecule has 0 fully saturated rings. The number of benzene rings is 2. The molecule has 1 amide bonds. The molecule has 0 aromatic heterocycles. The lowest BCUT2D eigenvalue weighted by Crippen LogP contribution is -2.26. The number of amides is 1. The number of methoxy groups -OCH3 is 1. The molecule has 0 aliphatic carbocycles. The molecule has 0 spiro atoms. The van der Waals surface area contributed by atoms with Gasteiger partial charge in [0.1, 0.15) is 5.75 Å². The van der Waals surface area contributed by atoms with Gasteiger partial charge in [0.2, 0.25) is 0 Å². The first-order chi connectivity index (χ1) is 12.1. The Morgan fingerprint density at radius 1 is 1.16 bits per heavy atom. The summed E-state index contributed by atoms with van der Waals surface area (Å²) in [6, 6.07) is 15.4. The zero-order valence-electron chi connectivity index (χ0n) is 14.7. The number of ether oxygens (including phenoxy) is 1. The molecule has 0 bridgehead atoms. The Hall–Kier alpha value is -3.02. The maximum atomic E-state index is 11.8. The van der Waals surface area contributed by atoms with Crippen molar-refractivity contribution >= 4 is 17.8 Å². The first-order valence-corrected chi connectivity index (χ1v) is 7.91. The van der Waals surface area contributed by atoms with Crippen LogP contribution in [0.25, 0.3) is 0 Å². The van der Waals surface area contributed by atoms with Crippen molar-refractivity contribution in [1.82, 2.24) is 5.32 Å². The van der Waals surface area contributed by atoms with Gasteiger partial charge >= 0.3 is 0 Å². The molecular formula is C19H23N3O3. The molecule has 132 valence electrons. The molecule has 6 heteroatoms. The van der Waals surface area contributed by atoms with E-state index >= 15 is 0 Å². The Bertz CT molecular complexity index is 712. The fourth-order valence-corrected chi connectivity index (χ4v) is 2.15. The van der Waals surface area contributed by atoms with E-state index in [1.54, 1.807) is 13.3 Å². The van der Waals surface area contributed by atoms with Gasteiger partial charge in [0, 0.05) is 31.9 Å². The number of hydrogen-bond donors (Lipinski definition) is 1. The third kappa shape index (κ3) is 5.84. The van der Waals surface area contributed by atoms with Crippen LogP contribution in [0.4, 0.5) is 5.69 Å². The highest BCUT2D eigenvalue weighted by molar-refractivity contribution is 5.80. The van der Waals surface area contributed by atoms with Crippen LogP contribution >= 0.6 is 0 Å². The second-order valence-electron chi connectivity index (χ2n) is 5.58. The zero-order valence-corrected chi connectivity index (χ0v) is 14.7. The Balaban J connectivity index is 1.74. The van der Waals surface area contributed by atoms with Crippen molar-refractivity contribution in [3.8, 4) is 5.75 Å². The molecule has 1 N–H and O–H groups in total. The van der Waals surface area contributed by atoms with E-state index in [1.807, 2.05) is 67.5 Å². The van der Waals surface area contributed by atoms with Gasteiger partial charge in [-0.1, -0.05) is 35.5 Å². The number of nitrogens with one attached hydrogen (secondary N) is 1. The van der Waals surface area contributed by atoms with Gasteiger partial charge in [0.15, 0.2) is 6.61 Å². The van der Waals surface area contributed by atoms with Crippen LogP contribution in [0.2, 0.25) is 0 Å². The molecule has 0 radical (unpaired) electrons. The van der Waals surface area contributed by atoms with Crippen LogP contribution in [0.1, 0.15) is 11.1 Å². The summed E-state index contributed by atoms with van der Waals surface area (Å²) in [7, 11) is 5.56. The third-order valence-corrected chi connectivity index (χ3v) is 3.55. The van der Waals surface area contributed by atoms with Crippen LogP contribution in [-0.2, 0) is 16.2 Å². The van der Waals surface area contributed by atoms with Gasteiger partial charge in [0.25, 0.3) is 5.91 Å². The van der Waals surface area contributed by atoms with Crippen LogP contribution in [0.3, 0.4) is 0 Å². The molecular weight excluding hydrogens is 318 g/mol. The minimum atomic E-state index is -0.244. The fourth-order valence-electron chi connectivity index (χ4n) is 2.15. The monoisotopic (exact) mass is 341 g/mol. The molecule has 0 unspecified atom stereocenters. The smallest absolute Gasteiger partial charge is 0.261 e. The molecule has 0 atom stereocenters. The van der Waals surface area contributed by atoms with Gasteiger partial charge < -0.3 is 19.8 Å². The first-order valence-electron chi connectivity index (χ1n) is 7.91. The first kappa shape index (κ1) is 18.3. The summed E-state index contributed by atoms with van der Waals surface area (Å²) in [5.74, 6) is 0.494. The number of carbonyl (C=O) groups is 1. The quantitative estimate of drug-likeness (QED) is 0.592. The average molecular weight is 341 g/mol. The highest BCUT2D eigenvalue weighted by atomic mass is 16.6. The molecule has 2 rings (SSSR count). The van der Waals surface area contributed by atoms with E-state index in [0.29, 0.717) is 6.54 Å². The maximum absolute atomic E-state index is 11.8. The van der Waals surface area contributed by atoms with Crippen molar-refractivity contribution in [3.63, 3.8) is 0 Å². The summed E-state index contributed by atoms with van der Waals surface area (Å²) in [5.41, 5.74) is 2.91. The van der Waals surface area contributed by atoms with Crippen LogP contribution in [-0.4, -0.2) is 39.9 Å². The molecule has 25 heavy (non-hydrogen) atoms. The normalized spacial score (nSPS) is 10.5. The zero-order chi connectivity index (χ0) is 18.1. The second kappa shape index (κ2) is 9.32. The van der Waals surface area contributed by atoms with E-state index in [2.05, 4.69) is 10.5 Å². The van der Waals surface area contributed by atoms with Gasteiger partial charge in [0.05, 0.1) is 13.3 Å². The number of anilines is 1. The number of carbonyl (C=O) groups excluding carboxylic acids is 1. The topological polar surface area (TPSA) is 63.2 Å².